The normalized spacial score (nSPS) is 30.6. The molecule has 3 heterocycles. The molecule has 0 radical (unpaired) electrons. The first-order valence-electron chi connectivity index (χ1n) is 9.92. The van der Waals surface area contributed by atoms with E-state index in [1.807, 2.05) is 24.9 Å². The Hall–Kier alpha value is -2.58. The van der Waals surface area contributed by atoms with Gasteiger partial charge in [-0.2, -0.15) is 5.10 Å². The monoisotopic (exact) mass is 389 g/mol. The number of carboxylic acids is 1. The molecule has 0 aromatic carbocycles. The molecule has 3 fully saturated rings. The third-order valence-electron chi connectivity index (χ3n) is 6.07. The van der Waals surface area contributed by atoms with E-state index in [9.17, 15) is 19.5 Å². The Morgan fingerprint density at radius 2 is 2.04 bits per heavy atom. The van der Waals surface area contributed by atoms with Crippen LogP contribution in [-0.2, 0) is 16.6 Å². The smallest absolute Gasteiger partial charge is 0.317 e. The van der Waals surface area contributed by atoms with E-state index >= 15 is 0 Å². The summed E-state index contributed by atoms with van der Waals surface area (Å²) in [6, 6.07) is 1.24. The SMILES string of the molecule is CC1CC(C(=O)O)CN(C(=O)N[C@@H]2CC(=O)N(C3CC3)[C@H]2c2ccnn2C)C1. The Kier molecular flexibility index (Phi) is 4.76. The van der Waals surface area contributed by atoms with Crippen molar-refractivity contribution in [2.75, 3.05) is 13.1 Å². The van der Waals surface area contributed by atoms with Crippen molar-refractivity contribution in [2.24, 2.45) is 18.9 Å². The summed E-state index contributed by atoms with van der Waals surface area (Å²) in [5.41, 5.74) is 0.901. The number of aliphatic carboxylic acids is 1. The topological polar surface area (TPSA) is 108 Å². The van der Waals surface area contributed by atoms with Crippen LogP contribution < -0.4 is 5.32 Å². The van der Waals surface area contributed by atoms with Gasteiger partial charge in [0.05, 0.1) is 23.7 Å². The third-order valence-corrected chi connectivity index (χ3v) is 6.07. The van der Waals surface area contributed by atoms with Gasteiger partial charge in [0.25, 0.3) is 0 Å². The van der Waals surface area contributed by atoms with Crippen LogP contribution in [0.3, 0.4) is 0 Å². The molecule has 0 spiro atoms. The van der Waals surface area contributed by atoms with E-state index in [2.05, 4.69) is 10.4 Å². The van der Waals surface area contributed by atoms with Gasteiger partial charge in [0.15, 0.2) is 0 Å². The summed E-state index contributed by atoms with van der Waals surface area (Å²) in [7, 11) is 1.84. The molecule has 4 atom stereocenters. The zero-order chi connectivity index (χ0) is 20.0. The van der Waals surface area contributed by atoms with E-state index < -0.39 is 11.9 Å². The molecule has 2 N–H and O–H groups in total. The highest BCUT2D eigenvalue weighted by molar-refractivity contribution is 5.83. The summed E-state index contributed by atoms with van der Waals surface area (Å²) >= 11 is 0. The molecule has 1 saturated carbocycles. The molecule has 1 aliphatic carbocycles. The second-order valence-electron chi connectivity index (χ2n) is 8.40. The van der Waals surface area contributed by atoms with Crippen LogP contribution in [-0.4, -0.2) is 67.8 Å². The van der Waals surface area contributed by atoms with Gasteiger partial charge in [-0.1, -0.05) is 6.92 Å². The number of carboxylic acid groups (broad SMARTS) is 1. The van der Waals surface area contributed by atoms with Gasteiger partial charge >= 0.3 is 12.0 Å². The Balaban J connectivity index is 1.52. The molecule has 0 bridgehead atoms. The fraction of sp³-hybridized carbons (Fsp3) is 0.684. The molecule has 2 aliphatic heterocycles. The maximum atomic E-state index is 12.9. The number of rotatable bonds is 4. The van der Waals surface area contributed by atoms with Gasteiger partial charge in [-0.25, -0.2) is 4.79 Å². The van der Waals surface area contributed by atoms with Crippen molar-refractivity contribution >= 4 is 17.9 Å². The van der Waals surface area contributed by atoms with Gasteiger partial charge in [0, 0.05) is 38.8 Å². The molecule has 1 aromatic heterocycles. The van der Waals surface area contributed by atoms with Crippen molar-refractivity contribution in [2.45, 2.75) is 50.7 Å². The van der Waals surface area contributed by atoms with Crippen LogP contribution >= 0.6 is 0 Å². The molecule has 3 aliphatic rings. The number of carbonyl (C=O) groups is 3. The summed E-state index contributed by atoms with van der Waals surface area (Å²) in [6.07, 6.45) is 4.51. The fourth-order valence-corrected chi connectivity index (χ4v) is 4.64. The van der Waals surface area contributed by atoms with Crippen LogP contribution in [0.25, 0.3) is 0 Å². The lowest BCUT2D eigenvalue weighted by atomic mass is 9.91. The molecular formula is C19H27N5O4. The molecule has 152 valence electrons. The van der Waals surface area contributed by atoms with E-state index in [0.29, 0.717) is 13.0 Å². The zero-order valence-corrected chi connectivity index (χ0v) is 16.2. The van der Waals surface area contributed by atoms with E-state index in [1.165, 1.54) is 0 Å². The Morgan fingerprint density at radius 1 is 1.29 bits per heavy atom. The Morgan fingerprint density at radius 3 is 2.64 bits per heavy atom. The number of piperidine rings is 1. The predicted molar refractivity (Wildman–Crippen MR) is 99.2 cm³/mol. The fourth-order valence-electron chi connectivity index (χ4n) is 4.64. The van der Waals surface area contributed by atoms with Gasteiger partial charge in [0.2, 0.25) is 5.91 Å². The van der Waals surface area contributed by atoms with Crippen LogP contribution in [0.1, 0.15) is 44.3 Å². The minimum Gasteiger partial charge on any atom is -0.481 e. The lowest BCUT2D eigenvalue weighted by molar-refractivity contribution is -0.143. The van der Waals surface area contributed by atoms with Crippen molar-refractivity contribution < 1.29 is 19.5 Å². The van der Waals surface area contributed by atoms with E-state index in [-0.39, 0.29) is 48.9 Å². The van der Waals surface area contributed by atoms with Crippen molar-refractivity contribution in [3.05, 3.63) is 18.0 Å². The summed E-state index contributed by atoms with van der Waals surface area (Å²) in [5, 5.41) is 16.6. The first-order chi connectivity index (χ1) is 13.3. The van der Waals surface area contributed by atoms with Crippen LogP contribution in [0.15, 0.2) is 12.3 Å². The van der Waals surface area contributed by atoms with E-state index in [1.54, 1.807) is 15.8 Å². The minimum absolute atomic E-state index is 0.0504. The number of aryl methyl sites for hydroxylation is 1. The number of carbonyl (C=O) groups excluding carboxylic acids is 2. The van der Waals surface area contributed by atoms with Crippen LogP contribution in [0, 0.1) is 11.8 Å². The lowest BCUT2D eigenvalue weighted by Gasteiger charge is -2.36. The van der Waals surface area contributed by atoms with Crippen molar-refractivity contribution in [3.8, 4) is 0 Å². The van der Waals surface area contributed by atoms with Crippen LogP contribution in [0.4, 0.5) is 4.79 Å². The molecule has 28 heavy (non-hydrogen) atoms. The van der Waals surface area contributed by atoms with Crippen molar-refractivity contribution in [3.63, 3.8) is 0 Å². The predicted octanol–water partition coefficient (Wildman–Crippen LogP) is 0.977. The zero-order valence-electron chi connectivity index (χ0n) is 16.2. The molecule has 2 unspecified atom stereocenters. The second kappa shape index (κ2) is 7.10. The average Bonchev–Trinajstić information content (AvgIpc) is 3.31. The number of hydrogen-bond donors (Lipinski definition) is 2. The van der Waals surface area contributed by atoms with E-state index in [4.69, 9.17) is 0 Å². The molecule has 9 heteroatoms. The molecule has 2 saturated heterocycles. The highest BCUT2D eigenvalue weighted by Crippen LogP contribution is 2.41. The number of nitrogens with zero attached hydrogens (tertiary/aromatic N) is 4. The quantitative estimate of drug-likeness (QED) is 0.798. The largest absolute Gasteiger partial charge is 0.481 e. The molecule has 9 nitrogen and oxygen atoms in total. The first-order valence-corrected chi connectivity index (χ1v) is 9.92. The standard InChI is InChI=1S/C19H27N5O4/c1-11-7-12(18(26)27)10-23(9-11)19(28)21-14-8-16(25)24(13-3-4-13)17(14)15-5-6-20-22(15)2/h5-6,11-14,17H,3-4,7-10H2,1-2H3,(H,21,28)(H,26,27)/t11?,12?,14-,17-/m1/s1. The van der Waals surface area contributed by atoms with Crippen molar-refractivity contribution in [1.29, 1.82) is 0 Å². The Labute approximate surface area is 163 Å². The summed E-state index contributed by atoms with van der Waals surface area (Å²) in [4.78, 5) is 40.5. The average molecular weight is 389 g/mol. The number of hydrogen-bond acceptors (Lipinski definition) is 4. The summed E-state index contributed by atoms with van der Waals surface area (Å²) in [5.74, 6) is -1.24. The number of amides is 3. The molecule has 4 rings (SSSR count). The highest BCUT2D eigenvalue weighted by atomic mass is 16.4. The third kappa shape index (κ3) is 3.45. The van der Waals surface area contributed by atoms with Crippen LogP contribution in [0.2, 0.25) is 0 Å². The van der Waals surface area contributed by atoms with Gasteiger partial charge in [-0.15, -0.1) is 0 Å². The van der Waals surface area contributed by atoms with Gasteiger partial charge in [0.1, 0.15) is 0 Å². The Bertz CT molecular complexity index is 789. The molecular weight excluding hydrogens is 362 g/mol. The molecule has 3 amide bonds. The van der Waals surface area contributed by atoms with E-state index in [0.717, 1.165) is 18.5 Å². The summed E-state index contributed by atoms with van der Waals surface area (Å²) < 4.78 is 1.75. The second-order valence-corrected chi connectivity index (χ2v) is 8.40. The van der Waals surface area contributed by atoms with Gasteiger partial charge in [-0.05, 0) is 31.2 Å². The first kappa shape index (κ1) is 18.8. The summed E-state index contributed by atoms with van der Waals surface area (Å²) in [6.45, 7) is 2.69. The maximum absolute atomic E-state index is 12.9. The number of aromatic nitrogens is 2. The highest BCUT2D eigenvalue weighted by Gasteiger charge is 2.49. The lowest BCUT2D eigenvalue weighted by Crippen LogP contribution is -2.52. The van der Waals surface area contributed by atoms with Crippen LogP contribution in [0.5, 0.6) is 0 Å². The maximum Gasteiger partial charge on any atom is 0.317 e. The number of urea groups is 1. The van der Waals surface area contributed by atoms with Gasteiger partial charge < -0.3 is 20.2 Å². The van der Waals surface area contributed by atoms with Gasteiger partial charge in [-0.3, -0.25) is 14.3 Å². The van der Waals surface area contributed by atoms with Crippen molar-refractivity contribution in [1.82, 2.24) is 24.9 Å². The molecule has 1 aromatic rings. The minimum atomic E-state index is -0.868. The number of nitrogens with one attached hydrogen (secondary N) is 1. The number of likely N-dealkylation sites (tertiary alicyclic amines) is 2.